The van der Waals surface area contributed by atoms with Crippen LogP contribution >= 0.6 is 0 Å². The van der Waals surface area contributed by atoms with Crippen LogP contribution in [0.3, 0.4) is 0 Å². The first-order chi connectivity index (χ1) is 7.71. The molecule has 0 amide bonds. The van der Waals surface area contributed by atoms with Crippen molar-refractivity contribution in [2.45, 2.75) is 65.3 Å². The number of nitrogens with zero attached hydrogens (tertiary/aromatic N) is 1. The molecule has 0 bridgehead atoms. The van der Waals surface area contributed by atoms with Crippen LogP contribution in [0.2, 0.25) is 0 Å². The van der Waals surface area contributed by atoms with Crippen molar-refractivity contribution in [1.29, 1.82) is 0 Å². The first-order valence-corrected chi connectivity index (χ1v) is 7.15. The Labute approximate surface area is 102 Å². The van der Waals surface area contributed by atoms with Crippen LogP contribution in [0.4, 0.5) is 0 Å². The molecule has 0 unspecified atom stereocenters. The molecule has 0 aromatic carbocycles. The summed E-state index contributed by atoms with van der Waals surface area (Å²) in [7, 11) is 0. The average Bonchev–Trinajstić information content (AvgIpc) is 2.85. The normalized spacial score (nSPS) is 18.6. The minimum absolute atomic E-state index is 0.360. The van der Waals surface area contributed by atoms with Gasteiger partial charge >= 0.3 is 0 Å². The van der Waals surface area contributed by atoms with E-state index in [-0.39, 0.29) is 0 Å². The van der Waals surface area contributed by atoms with Crippen LogP contribution in [-0.4, -0.2) is 30.6 Å². The van der Waals surface area contributed by atoms with Crippen molar-refractivity contribution in [2.24, 2.45) is 11.1 Å². The molecule has 0 aromatic rings. The average molecular weight is 226 g/mol. The highest BCUT2D eigenvalue weighted by atomic mass is 15.2. The highest BCUT2D eigenvalue weighted by Crippen LogP contribution is 2.30. The third-order valence-corrected chi connectivity index (χ3v) is 4.72. The topological polar surface area (TPSA) is 29.3 Å². The van der Waals surface area contributed by atoms with E-state index in [0.717, 1.165) is 12.6 Å². The zero-order valence-corrected chi connectivity index (χ0v) is 11.5. The van der Waals surface area contributed by atoms with Gasteiger partial charge in [-0.1, -0.05) is 33.6 Å². The molecule has 1 rings (SSSR count). The summed E-state index contributed by atoms with van der Waals surface area (Å²) >= 11 is 0. The molecular weight excluding hydrogens is 196 g/mol. The van der Waals surface area contributed by atoms with Gasteiger partial charge in [-0.15, -0.1) is 0 Å². The molecule has 1 aliphatic rings. The van der Waals surface area contributed by atoms with E-state index in [0.29, 0.717) is 5.41 Å². The molecule has 0 radical (unpaired) electrons. The Kier molecular flexibility index (Phi) is 5.77. The molecule has 16 heavy (non-hydrogen) atoms. The lowest BCUT2D eigenvalue weighted by atomic mass is 9.81. The maximum atomic E-state index is 6.00. The third kappa shape index (κ3) is 3.21. The van der Waals surface area contributed by atoms with Gasteiger partial charge < -0.3 is 10.6 Å². The van der Waals surface area contributed by atoms with E-state index in [9.17, 15) is 0 Å². The first-order valence-electron chi connectivity index (χ1n) is 7.15. The second kappa shape index (κ2) is 6.61. The number of hydrogen-bond acceptors (Lipinski definition) is 2. The minimum atomic E-state index is 0.360. The highest BCUT2D eigenvalue weighted by molar-refractivity contribution is 4.85. The van der Waals surface area contributed by atoms with Crippen LogP contribution in [0.15, 0.2) is 0 Å². The zero-order chi connectivity index (χ0) is 12.0. The van der Waals surface area contributed by atoms with Gasteiger partial charge in [-0.05, 0) is 44.2 Å². The Morgan fingerprint density at radius 3 is 2.06 bits per heavy atom. The van der Waals surface area contributed by atoms with Gasteiger partial charge in [0.15, 0.2) is 0 Å². The lowest BCUT2D eigenvalue weighted by molar-refractivity contribution is 0.111. The second-order valence-electron chi connectivity index (χ2n) is 5.41. The SMILES string of the molecule is CCN(CC(CC)(CC)CN)C1CCCC1. The van der Waals surface area contributed by atoms with Gasteiger partial charge in [-0.2, -0.15) is 0 Å². The van der Waals surface area contributed by atoms with Crippen LogP contribution in [0.25, 0.3) is 0 Å². The van der Waals surface area contributed by atoms with E-state index in [1.54, 1.807) is 0 Å². The molecule has 1 aliphatic carbocycles. The van der Waals surface area contributed by atoms with Crippen LogP contribution < -0.4 is 5.73 Å². The van der Waals surface area contributed by atoms with Crippen molar-refractivity contribution in [3.63, 3.8) is 0 Å². The summed E-state index contributed by atoms with van der Waals surface area (Å²) in [5.41, 5.74) is 6.36. The molecule has 1 fully saturated rings. The molecule has 2 heteroatoms. The van der Waals surface area contributed by atoms with Gasteiger partial charge in [0.05, 0.1) is 0 Å². The van der Waals surface area contributed by atoms with Crippen molar-refractivity contribution in [3.05, 3.63) is 0 Å². The van der Waals surface area contributed by atoms with E-state index >= 15 is 0 Å². The van der Waals surface area contributed by atoms with Crippen LogP contribution in [0, 0.1) is 5.41 Å². The van der Waals surface area contributed by atoms with Crippen molar-refractivity contribution < 1.29 is 0 Å². The Morgan fingerprint density at radius 2 is 1.69 bits per heavy atom. The van der Waals surface area contributed by atoms with Crippen molar-refractivity contribution in [3.8, 4) is 0 Å². The highest BCUT2D eigenvalue weighted by Gasteiger charge is 2.30. The van der Waals surface area contributed by atoms with Crippen molar-refractivity contribution >= 4 is 0 Å². The van der Waals surface area contributed by atoms with Gasteiger partial charge in [0.25, 0.3) is 0 Å². The Bertz CT molecular complexity index is 173. The maximum absolute atomic E-state index is 6.00. The molecule has 0 aromatic heterocycles. The Balaban J connectivity index is 2.58. The van der Waals surface area contributed by atoms with Gasteiger partial charge in [0.2, 0.25) is 0 Å². The van der Waals surface area contributed by atoms with Crippen LogP contribution in [0.1, 0.15) is 59.3 Å². The molecule has 0 heterocycles. The maximum Gasteiger partial charge on any atom is 0.00953 e. The summed E-state index contributed by atoms with van der Waals surface area (Å²) in [6, 6.07) is 0.842. The van der Waals surface area contributed by atoms with Gasteiger partial charge in [-0.25, -0.2) is 0 Å². The third-order valence-electron chi connectivity index (χ3n) is 4.72. The summed E-state index contributed by atoms with van der Waals surface area (Å²) in [5, 5.41) is 0. The largest absolute Gasteiger partial charge is 0.330 e. The fraction of sp³-hybridized carbons (Fsp3) is 1.00. The van der Waals surface area contributed by atoms with Crippen molar-refractivity contribution in [1.82, 2.24) is 4.90 Å². The Morgan fingerprint density at radius 1 is 1.12 bits per heavy atom. The molecule has 0 atom stereocenters. The monoisotopic (exact) mass is 226 g/mol. The van der Waals surface area contributed by atoms with Gasteiger partial charge in [0, 0.05) is 12.6 Å². The quantitative estimate of drug-likeness (QED) is 0.723. The number of hydrogen-bond donors (Lipinski definition) is 1. The smallest absolute Gasteiger partial charge is 0.00953 e. The minimum Gasteiger partial charge on any atom is -0.330 e. The van der Waals surface area contributed by atoms with Gasteiger partial charge in [-0.3, -0.25) is 0 Å². The summed E-state index contributed by atoms with van der Waals surface area (Å²) in [5.74, 6) is 0. The molecule has 1 saturated carbocycles. The lowest BCUT2D eigenvalue weighted by Gasteiger charge is -2.38. The molecule has 0 spiro atoms. The molecule has 96 valence electrons. The fourth-order valence-corrected chi connectivity index (χ4v) is 3.03. The standard InChI is InChI=1S/C14H30N2/c1-4-14(5-2,11-15)12-16(6-3)13-9-7-8-10-13/h13H,4-12,15H2,1-3H3. The summed E-state index contributed by atoms with van der Waals surface area (Å²) < 4.78 is 0. The predicted molar refractivity (Wildman–Crippen MR) is 71.6 cm³/mol. The summed E-state index contributed by atoms with van der Waals surface area (Å²) in [4.78, 5) is 2.69. The molecular formula is C14H30N2. The van der Waals surface area contributed by atoms with E-state index in [4.69, 9.17) is 5.73 Å². The predicted octanol–water partition coefficient (Wildman–Crippen LogP) is 3.02. The Hall–Kier alpha value is -0.0800. The fourth-order valence-electron chi connectivity index (χ4n) is 3.03. The molecule has 2 N–H and O–H groups in total. The van der Waals surface area contributed by atoms with Crippen molar-refractivity contribution in [2.75, 3.05) is 19.6 Å². The summed E-state index contributed by atoms with van der Waals surface area (Å²) in [6.07, 6.45) is 8.08. The van der Waals surface area contributed by atoms with E-state index < -0.39 is 0 Å². The molecule has 0 aliphatic heterocycles. The lowest BCUT2D eigenvalue weighted by Crippen LogP contribution is -2.45. The number of rotatable bonds is 7. The van der Waals surface area contributed by atoms with Crippen LogP contribution in [0.5, 0.6) is 0 Å². The zero-order valence-electron chi connectivity index (χ0n) is 11.5. The van der Waals surface area contributed by atoms with Crippen LogP contribution in [-0.2, 0) is 0 Å². The van der Waals surface area contributed by atoms with E-state index in [1.165, 1.54) is 51.6 Å². The number of nitrogens with two attached hydrogens (primary N) is 1. The van der Waals surface area contributed by atoms with Gasteiger partial charge in [0.1, 0.15) is 0 Å². The first kappa shape index (κ1) is 14.0. The summed E-state index contributed by atoms with van der Waals surface area (Å²) in [6.45, 7) is 10.1. The van der Waals surface area contributed by atoms with E-state index in [1.807, 2.05) is 0 Å². The molecule has 0 saturated heterocycles. The second-order valence-corrected chi connectivity index (χ2v) is 5.41. The van der Waals surface area contributed by atoms with E-state index in [2.05, 4.69) is 25.7 Å². The molecule has 2 nitrogen and oxygen atoms in total.